The van der Waals surface area contributed by atoms with Crippen molar-refractivity contribution in [1.82, 2.24) is 0 Å². The smallest absolute Gasteiger partial charge is 0.128 e. The van der Waals surface area contributed by atoms with Crippen LogP contribution in [-0.2, 0) is 4.74 Å². The van der Waals surface area contributed by atoms with Crippen LogP contribution in [0.4, 0.5) is 0 Å². The van der Waals surface area contributed by atoms with Crippen LogP contribution in [0.25, 0.3) is 0 Å². The summed E-state index contributed by atoms with van der Waals surface area (Å²) in [5.41, 5.74) is -0.176. The number of halogens is 1. The van der Waals surface area contributed by atoms with E-state index < -0.39 is 0 Å². The van der Waals surface area contributed by atoms with Crippen LogP contribution in [-0.4, -0.2) is 12.2 Å². The fraction of sp³-hybridized carbons (Fsp3) is 0.818. The molecule has 0 fully saturated rings. The van der Waals surface area contributed by atoms with E-state index in [1.54, 1.807) is 0 Å². The Balaban J connectivity index is 3.03. The standard InChI is InChI=1S/C11H21ClO/c1-3-4-5-6-7-8-9-10-13-11(2)12/h8-9,11H,3-7,10H2,1-2H3/b9-8-. The van der Waals surface area contributed by atoms with Gasteiger partial charge in [-0.25, -0.2) is 0 Å². The zero-order valence-electron chi connectivity index (χ0n) is 8.76. The van der Waals surface area contributed by atoms with E-state index in [9.17, 15) is 0 Å². The van der Waals surface area contributed by atoms with Gasteiger partial charge >= 0.3 is 0 Å². The predicted molar refractivity (Wildman–Crippen MR) is 59.2 cm³/mol. The first-order chi connectivity index (χ1) is 6.27. The summed E-state index contributed by atoms with van der Waals surface area (Å²) in [6.07, 6.45) is 10.7. The van der Waals surface area contributed by atoms with E-state index >= 15 is 0 Å². The maximum absolute atomic E-state index is 5.60. The van der Waals surface area contributed by atoms with E-state index in [0.717, 1.165) is 0 Å². The van der Waals surface area contributed by atoms with Gasteiger partial charge in [0.25, 0.3) is 0 Å². The normalized spacial score (nSPS) is 13.8. The van der Waals surface area contributed by atoms with Gasteiger partial charge in [0, 0.05) is 0 Å². The lowest BCUT2D eigenvalue weighted by Gasteiger charge is -2.00. The Morgan fingerprint density at radius 2 is 2.00 bits per heavy atom. The molecule has 1 atom stereocenters. The third-order valence-electron chi connectivity index (χ3n) is 1.81. The Hall–Kier alpha value is -0.0100. The van der Waals surface area contributed by atoms with Gasteiger partial charge in [-0.15, -0.1) is 0 Å². The second-order valence-corrected chi connectivity index (χ2v) is 3.81. The summed E-state index contributed by atoms with van der Waals surface area (Å²) < 4.78 is 5.15. The van der Waals surface area contributed by atoms with Crippen molar-refractivity contribution >= 4 is 11.6 Å². The van der Waals surface area contributed by atoms with E-state index in [0.29, 0.717) is 6.61 Å². The molecule has 13 heavy (non-hydrogen) atoms. The molecule has 1 nitrogen and oxygen atoms in total. The lowest BCUT2D eigenvalue weighted by Crippen LogP contribution is -1.98. The molecule has 0 aliphatic rings. The molecule has 0 aromatic rings. The first-order valence-electron chi connectivity index (χ1n) is 5.18. The van der Waals surface area contributed by atoms with Crippen molar-refractivity contribution in [2.24, 2.45) is 0 Å². The lowest BCUT2D eigenvalue weighted by atomic mass is 10.1. The number of rotatable bonds is 8. The maximum Gasteiger partial charge on any atom is 0.128 e. The van der Waals surface area contributed by atoms with Gasteiger partial charge in [0.05, 0.1) is 6.61 Å². The molecule has 0 aromatic carbocycles. The molecule has 0 heterocycles. The molecular formula is C11H21ClO. The summed E-state index contributed by atoms with van der Waals surface area (Å²) in [5.74, 6) is 0. The fourth-order valence-corrected chi connectivity index (χ4v) is 1.14. The molecule has 78 valence electrons. The minimum atomic E-state index is -0.176. The number of alkyl halides is 1. The van der Waals surface area contributed by atoms with Gasteiger partial charge in [0.2, 0.25) is 0 Å². The van der Waals surface area contributed by atoms with Crippen molar-refractivity contribution in [3.63, 3.8) is 0 Å². The number of ether oxygens (including phenoxy) is 1. The third kappa shape index (κ3) is 12.0. The van der Waals surface area contributed by atoms with Crippen molar-refractivity contribution in [1.29, 1.82) is 0 Å². The highest BCUT2D eigenvalue weighted by atomic mass is 35.5. The van der Waals surface area contributed by atoms with Gasteiger partial charge in [-0.3, -0.25) is 0 Å². The monoisotopic (exact) mass is 204 g/mol. The molecule has 0 aromatic heterocycles. The van der Waals surface area contributed by atoms with Crippen LogP contribution in [0, 0.1) is 0 Å². The quantitative estimate of drug-likeness (QED) is 0.329. The number of allylic oxidation sites excluding steroid dienone is 1. The topological polar surface area (TPSA) is 9.23 Å². The van der Waals surface area contributed by atoms with Crippen molar-refractivity contribution < 1.29 is 4.74 Å². The summed E-state index contributed by atoms with van der Waals surface area (Å²) in [6.45, 7) is 4.70. The summed E-state index contributed by atoms with van der Waals surface area (Å²) in [6, 6.07) is 0. The molecule has 0 aliphatic carbocycles. The molecule has 0 saturated heterocycles. The SMILES string of the molecule is CCCCCC/C=C\COC(C)Cl. The molecule has 0 amide bonds. The van der Waals surface area contributed by atoms with Gasteiger partial charge in [-0.2, -0.15) is 0 Å². The van der Waals surface area contributed by atoms with Crippen LogP contribution in [0.2, 0.25) is 0 Å². The van der Waals surface area contributed by atoms with Crippen LogP contribution in [0.5, 0.6) is 0 Å². The van der Waals surface area contributed by atoms with Gasteiger partial charge < -0.3 is 4.74 Å². The Morgan fingerprint density at radius 3 is 2.62 bits per heavy atom. The highest BCUT2D eigenvalue weighted by Gasteiger charge is 1.90. The molecule has 0 aliphatic heterocycles. The van der Waals surface area contributed by atoms with E-state index in [4.69, 9.17) is 16.3 Å². The zero-order valence-corrected chi connectivity index (χ0v) is 9.52. The lowest BCUT2D eigenvalue weighted by molar-refractivity contribution is 0.146. The van der Waals surface area contributed by atoms with E-state index in [1.165, 1.54) is 32.1 Å². The van der Waals surface area contributed by atoms with Crippen molar-refractivity contribution in [2.45, 2.75) is 51.5 Å². The Morgan fingerprint density at radius 1 is 1.23 bits per heavy atom. The summed E-state index contributed by atoms with van der Waals surface area (Å²) in [5, 5.41) is 0. The average Bonchev–Trinajstić information content (AvgIpc) is 2.09. The highest BCUT2D eigenvalue weighted by molar-refractivity contribution is 6.19. The van der Waals surface area contributed by atoms with Crippen molar-refractivity contribution in [3.8, 4) is 0 Å². The second-order valence-electron chi connectivity index (χ2n) is 3.20. The van der Waals surface area contributed by atoms with Gasteiger partial charge in [0.1, 0.15) is 5.56 Å². The summed E-state index contributed by atoms with van der Waals surface area (Å²) in [7, 11) is 0. The minimum absolute atomic E-state index is 0.176. The Kier molecular flexibility index (Phi) is 10.1. The molecule has 0 spiro atoms. The fourth-order valence-electron chi connectivity index (χ4n) is 1.06. The van der Waals surface area contributed by atoms with E-state index in [-0.39, 0.29) is 5.56 Å². The Bertz CT molecular complexity index is 121. The minimum Gasteiger partial charge on any atom is -0.359 e. The van der Waals surface area contributed by atoms with E-state index in [1.807, 2.05) is 13.0 Å². The molecule has 0 rings (SSSR count). The highest BCUT2D eigenvalue weighted by Crippen LogP contribution is 2.03. The van der Waals surface area contributed by atoms with Crippen LogP contribution in [0.1, 0.15) is 46.0 Å². The molecule has 0 radical (unpaired) electrons. The van der Waals surface area contributed by atoms with Crippen LogP contribution < -0.4 is 0 Å². The van der Waals surface area contributed by atoms with E-state index in [2.05, 4.69) is 13.0 Å². The van der Waals surface area contributed by atoms with Crippen LogP contribution >= 0.6 is 11.6 Å². The van der Waals surface area contributed by atoms with Gasteiger partial charge in [-0.1, -0.05) is 49.9 Å². The maximum atomic E-state index is 5.60. The Labute approximate surface area is 87.1 Å². The molecular weight excluding hydrogens is 184 g/mol. The van der Waals surface area contributed by atoms with Gasteiger partial charge in [0.15, 0.2) is 0 Å². The molecule has 0 saturated carbocycles. The zero-order chi connectivity index (χ0) is 9.94. The molecule has 0 N–H and O–H groups in total. The number of hydrogen-bond donors (Lipinski definition) is 0. The summed E-state index contributed by atoms with van der Waals surface area (Å²) >= 11 is 5.60. The van der Waals surface area contributed by atoms with Gasteiger partial charge in [-0.05, 0) is 19.8 Å². The number of hydrogen-bond acceptors (Lipinski definition) is 1. The molecule has 2 heteroatoms. The van der Waals surface area contributed by atoms with Crippen LogP contribution in [0.3, 0.4) is 0 Å². The largest absolute Gasteiger partial charge is 0.359 e. The molecule has 1 unspecified atom stereocenters. The van der Waals surface area contributed by atoms with Crippen molar-refractivity contribution in [3.05, 3.63) is 12.2 Å². The van der Waals surface area contributed by atoms with Crippen molar-refractivity contribution in [2.75, 3.05) is 6.61 Å². The average molecular weight is 205 g/mol. The van der Waals surface area contributed by atoms with Crippen LogP contribution in [0.15, 0.2) is 12.2 Å². The third-order valence-corrected chi connectivity index (χ3v) is 1.94. The first-order valence-corrected chi connectivity index (χ1v) is 5.61. The molecule has 0 bridgehead atoms. The number of unbranched alkanes of at least 4 members (excludes halogenated alkanes) is 4. The predicted octanol–water partition coefficient (Wildman–Crippen LogP) is 4.11. The first kappa shape index (κ1) is 13.0. The second kappa shape index (κ2) is 10.1. The summed E-state index contributed by atoms with van der Waals surface area (Å²) in [4.78, 5) is 0.